The summed E-state index contributed by atoms with van der Waals surface area (Å²) in [5, 5.41) is 0. The molecule has 2 rings (SSSR count). The van der Waals surface area contributed by atoms with Crippen molar-refractivity contribution in [1.82, 2.24) is 19.2 Å². The van der Waals surface area contributed by atoms with E-state index in [0.29, 0.717) is 26.1 Å². The Hall–Kier alpha value is -1.74. The second kappa shape index (κ2) is 5.71. The zero-order valence-corrected chi connectivity index (χ0v) is 12.0. The molecule has 0 aliphatic carbocycles. The van der Waals surface area contributed by atoms with E-state index in [0.717, 1.165) is 0 Å². The van der Waals surface area contributed by atoms with Crippen molar-refractivity contribution in [2.75, 3.05) is 38.2 Å². The van der Waals surface area contributed by atoms with Crippen LogP contribution in [-0.4, -0.2) is 65.9 Å². The van der Waals surface area contributed by atoms with Crippen LogP contribution in [-0.2, 0) is 10.0 Å². The van der Waals surface area contributed by atoms with E-state index in [2.05, 4.69) is 9.97 Å². The maximum absolute atomic E-state index is 12.3. The van der Waals surface area contributed by atoms with Crippen LogP contribution in [0.25, 0.3) is 0 Å². The van der Waals surface area contributed by atoms with E-state index in [1.807, 2.05) is 0 Å². The van der Waals surface area contributed by atoms with Crippen LogP contribution in [0.3, 0.4) is 0 Å². The highest BCUT2D eigenvalue weighted by Crippen LogP contribution is 2.12. The van der Waals surface area contributed by atoms with Crippen molar-refractivity contribution in [3.05, 3.63) is 18.1 Å². The minimum Gasteiger partial charge on any atom is -0.382 e. The molecule has 0 spiro atoms. The lowest BCUT2D eigenvalue weighted by Gasteiger charge is -2.20. The van der Waals surface area contributed by atoms with E-state index in [4.69, 9.17) is 5.73 Å². The fourth-order valence-corrected chi connectivity index (χ4v) is 2.97. The lowest BCUT2D eigenvalue weighted by Crippen LogP contribution is -2.37. The predicted molar refractivity (Wildman–Crippen MR) is 73.4 cm³/mol. The van der Waals surface area contributed by atoms with Crippen LogP contribution < -0.4 is 5.73 Å². The van der Waals surface area contributed by atoms with Crippen LogP contribution >= 0.6 is 0 Å². The number of nitrogen functional groups attached to an aromatic ring is 1. The topological polar surface area (TPSA) is 109 Å². The molecule has 0 atom stereocenters. The highest BCUT2D eigenvalue weighted by molar-refractivity contribution is 7.88. The number of nitrogens with two attached hydrogens (primary N) is 1. The summed E-state index contributed by atoms with van der Waals surface area (Å²) in [6.45, 7) is 1.49. The third kappa shape index (κ3) is 3.23. The van der Waals surface area contributed by atoms with Gasteiger partial charge in [0.05, 0.1) is 6.26 Å². The maximum atomic E-state index is 12.3. The smallest absolute Gasteiger partial charge is 0.276 e. The molecule has 0 radical (unpaired) electrons. The summed E-state index contributed by atoms with van der Waals surface area (Å²) >= 11 is 0. The summed E-state index contributed by atoms with van der Waals surface area (Å²) in [6, 6.07) is 0. The molecule has 0 bridgehead atoms. The Labute approximate surface area is 117 Å². The molecule has 1 aromatic rings. The number of hydrogen-bond acceptors (Lipinski definition) is 6. The first-order chi connectivity index (χ1) is 9.39. The van der Waals surface area contributed by atoms with Gasteiger partial charge in [-0.2, -0.15) is 0 Å². The first kappa shape index (κ1) is 14.7. The van der Waals surface area contributed by atoms with Crippen LogP contribution in [0.5, 0.6) is 0 Å². The molecule has 1 aromatic heterocycles. The van der Waals surface area contributed by atoms with Gasteiger partial charge in [-0.25, -0.2) is 22.7 Å². The molecule has 1 amide bonds. The maximum Gasteiger partial charge on any atom is 0.276 e. The Morgan fingerprint density at radius 3 is 2.55 bits per heavy atom. The molecule has 0 aromatic carbocycles. The molecule has 2 heterocycles. The third-order valence-electron chi connectivity index (χ3n) is 3.14. The summed E-state index contributed by atoms with van der Waals surface area (Å²) in [6.07, 6.45) is 4.58. The van der Waals surface area contributed by atoms with Crippen molar-refractivity contribution in [3.8, 4) is 0 Å². The second-order valence-corrected chi connectivity index (χ2v) is 6.58. The van der Waals surface area contributed by atoms with Gasteiger partial charge < -0.3 is 10.6 Å². The summed E-state index contributed by atoms with van der Waals surface area (Å²) in [7, 11) is -3.23. The molecule has 1 saturated heterocycles. The van der Waals surface area contributed by atoms with E-state index in [1.165, 1.54) is 23.0 Å². The highest BCUT2D eigenvalue weighted by Gasteiger charge is 2.26. The molecule has 110 valence electrons. The van der Waals surface area contributed by atoms with E-state index < -0.39 is 10.0 Å². The minimum atomic E-state index is -3.23. The Bertz CT molecular complexity index is 604. The zero-order chi connectivity index (χ0) is 14.8. The summed E-state index contributed by atoms with van der Waals surface area (Å²) in [4.78, 5) is 21.6. The molecule has 8 nitrogen and oxygen atoms in total. The van der Waals surface area contributed by atoms with Gasteiger partial charge in [0.15, 0.2) is 11.5 Å². The van der Waals surface area contributed by atoms with E-state index in [1.54, 1.807) is 4.90 Å². The van der Waals surface area contributed by atoms with Gasteiger partial charge in [0, 0.05) is 38.6 Å². The molecule has 0 saturated carbocycles. The van der Waals surface area contributed by atoms with Crippen LogP contribution in [0.4, 0.5) is 5.82 Å². The molecule has 1 aliphatic heterocycles. The number of hydrogen-bond donors (Lipinski definition) is 1. The van der Waals surface area contributed by atoms with Crippen LogP contribution in [0, 0.1) is 0 Å². The Morgan fingerprint density at radius 1 is 1.20 bits per heavy atom. The number of rotatable bonds is 2. The quantitative estimate of drug-likeness (QED) is 0.763. The fourth-order valence-electron chi connectivity index (χ4n) is 2.09. The summed E-state index contributed by atoms with van der Waals surface area (Å²) in [5.41, 5.74) is 5.75. The number of sulfonamides is 1. The van der Waals surface area contributed by atoms with Crippen molar-refractivity contribution in [3.63, 3.8) is 0 Å². The standard InChI is InChI=1S/C11H17N5O3S/c1-20(18,19)16-6-2-5-15(7-8-16)11(17)9-10(12)14-4-3-13-9/h3-4H,2,5-8H2,1H3,(H2,12,14). The number of nitrogens with zero attached hydrogens (tertiary/aromatic N) is 4. The van der Waals surface area contributed by atoms with Gasteiger partial charge in [0.1, 0.15) is 0 Å². The minimum absolute atomic E-state index is 0.0849. The van der Waals surface area contributed by atoms with Gasteiger partial charge in [-0.15, -0.1) is 0 Å². The first-order valence-corrected chi connectivity index (χ1v) is 8.05. The number of carbonyl (C=O) groups is 1. The predicted octanol–water partition coefficient (Wildman–Crippen LogP) is -0.834. The van der Waals surface area contributed by atoms with Crippen LogP contribution in [0.15, 0.2) is 12.4 Å². The SMILES string of the molecule is CS(=O)(=O)N1CCCN(C(=O)c2nccnc2N)CC1. The van der Waals surface area contributed by atoms with Gasteiger partial charge in [-0.05, 0) is 6.42 Å². The normalized spacial score (nSPS) is 17.8. The van der Waals surface area contributed by atoms with E-state index in [-0.39, 0.29) is 24.0 Å². The largest absolute Gasteiger partial charge is 0.382 e. The first-order valence-electron chi connectivity index (χ1n) is 6.20. The molecule has 1 fully saturated rings. The monoisotopic (exact) mass is 299 g/mol. The summed E-state index contributed by atoms with van der Waals surface area (Å²) in [5.74, 6) is -0.229. The highest BCUT2D eigenvalue weighted by atomic mass is 32.2. The number of amides is 1. The lowest BCUT2D eigenvalue weighted by atomic mass is 10.3. The van der Waals surface area contributed by atoms with E-state index >= 15 is 0 Å². The fraction of sp³-hybridized carbons (Fsp3) is 0.545. The van der Waals surface area contributed by atoms with Gasteiger partial charge in [0.2, 0.25) is 10.0 Å². The average molecular weight is 299 g/mol. The second-order valence-electron chi connectivity index (χ2n) is 4.60. The van der Waals surface area contributed by atoms with Gasteiger partial charge in [-0.1, -0.05) is 0 Å². The van der Waals surface area contributed by atoms with Crippen molar-refractivity contribution >= 4 is 21.7 Å². The number of anilines is 1. The van der Waals surface area contributed by atoms with Crippen molar-refractivity contribution in [1.29, 1.82) is 0 Å². The van der Waals surface area contributed by atoms with Gasteiger partial charge in [0.25, 0.3) is 5.91 Å². The van der Waals surface area contributed by atoms with Crippen molar-refractivity contribution < 1.29 is 13.2 Å². The third-order valence-corrected chi connectivity index (χ3v) is 4.44. The number of aromatic nitrogens is 2. The van der Waals surface area contributed by atoms with Crippen molar-refractivity contribution in [2.45, 2.75) is 6.42 Å². The van der Waals surface area contributed by atoms with Crippen LogP contribution in [0.1, 0.15) is 16.9 Å². The van der Waals surface area contributed by atoms with Gasteiger partial charge in [-0.3, -0.25) is 4.79 Å². The van der Waals surface area contributed by atoms with Crippen molar-refractivity contribution in [2.24, 2.45) is 0 Å². The molecular formula is C11H17N5O3S. The Morgan fingerprint density at radius 2 is 1.90 bits per heavy atom. The van der Waals surface area contributed by atoms with Crippen LogP contribution in [0.2, 0.25) is 0 Å². The molecule has 1 aliphatic rings. The lowest BCUT2D eigenvalue weighted by molar-refractivity contribution is 0.0759. The molecule has 9 heteroatoms. The molecule has 2 N–H and O–H groups in total. The Balaban J connectivity index is 2.11. The van der Waals surface area contributed by atoms with E-state index in [9.17, 15) is 13.2 Å². The molecule has 20 heavy (non-hydrogen) atoms. The molecule has 0 unspecified atom stereocenters. The average Bonchev–Trinajstić information content (AvgIpc) is 2.63. The zero-order valence-electron chi connectivity index (χ0n) is 11.2. The molecular weight excluding hydrogens is 282 g/mol. The number of carbonyl (C=O) groups excluding carboxylic acids is 1. The summed E-state index contributed by atoms with van der Waals surface area (Å²) < 4.78 is 24.4. The Kier molecular flexibility index (Phi) is 4.19. The van der Waals surface area contributed by atoms with Gasteiger partial charge >= 0.3 is 0 Å².